The van der Waals surface area contributed by atoms with Gasteiger partial charge in [0.05, 0.1) is 11.4 Å². The predicted molar refractivity (Wildman–Crippen MR) is 81.4 cm³/mol. The van der Waals surface area contributed by atoms with Crippen LogP contribution in [0.2, 0.25) is 0 Å². The average molecular weight is 323 g/mol. The SMILES string of the molecule is CCC1CCC2(CC1)Nc1ccc(Br)cc1NC2=O. The van der Waals surface area contributed by atoms with E-state index in [2.05, 4.69) is 33.5 Å². The molecule has 0 unspecified atom stereocenters. The highest BCUT2D eigenvalue weighted by Crippen LogP contribution is 2.41. The van der Waals surface area contributed by atoms with Crippen molar-refractivity contribution in [1.29, 1.82) is 0 Å². The number of hydrogen-bond donors (Lipinski definition) is 2. The van der Waals surface area contributed by atoms with Crippen LogP contribution in [0.3, 0.4) is 0 Å². The quantitative estimate of drug-likeness (QED) is 0.815. The van der Waals surface area contributed by atoms with Crippen LogP contribution >= 0.6 is 15.9 Å². The van der Waals surface area contributed by atoms with Crippen LogP contribution in [0.4, 0.5) is 11.4 Å². The predicted octanol–water partition coefficient (Wildman–Crippen LogP) is 4.15. The Morgan fingerprint density at radius 1 is 1.32 bits per heavy atom. The van der Waals surface area contributed by atoms with Gasteiger partial charge in [0.15, 0.2) is 0 Å². The zero-order chi connectivity index (χ0) is 13.5. The standard InChI is InChI=1S/C15H19BrN2O/c1-2-10-5-7-15(8-6-10)14(19)17-13-9-11(16)3-4-12(13)18-15/h3-4,9-10,18H,2,5-8H2,1H3,(H,17,19). The molecule has 1 aromatic rings. The molecule has 102 valence electrons. The molecule has 2 N–H and O–H groups in total. The number of hydrogen-bond acceptors (Lipinski definition) is 2. The Hall–Kier alpha value is -1.03. The Labute approximate surface area is 122 Å². The second kappa shape index (κ2) is 4.82. The van der Waals surface area contributed by atoms with Gasteiger partial charge in [0.1, 0.15) is 5.54 Å². The number of carbonyl (C=O) groups excluding carboxylic acids is 1. The molecule has 0 saturated heterocycles. The van der Waals surface area contributed by atoms with Crippen LogP contribution in [-0.2, 0) is 4.79 Å². The van der Waals surface area contributed by atoms with Crippen molar-refractivity contribution in [3.63, 3.8) is 0 Å². The number of carbonyl (C=O) groups is 1. The van der Waals surface area contributed by atoms with Gasteiger partial charge >= 0.3 is 0 Å². The second-order valence-electron chi connectivity index (χ2n) is 5.70. The molecule has 0 atom stereocenters. The van der Waals surface area contributed by atoms with E-state index in [1.165, 1.54) is 6.42 Å². The molecule has 1 heterocycles. The summed E-state index contributed by atoms with van der Waals surface area (Å²) in [7, 11) is 0. The molecule has 1 fully saturated rings. The average Bonchev–Trinajstić information content (AvgIpc) is 2.42. The monoisotopic (exact) mass is 322 g/mol. The third-order valence-corrected chi connectivity index (χ3v) is 5.07. The van der Waals surface area contributed by atoms with E-state index in [4.69, 9.17) is 0 Å². The van der Waals surface area contributed by atoms with Gasteiger partial charge in [-0.2, -0.15) is 0 Å². The summed E-state index contributed by atoms with van der Waals surface area (Å²) >= 11 is 3.44. The largest absolute Gasteiger partial charge is 0.370 e. The number of anilines is 2. The molecular weight excluding hydrogens is 304 g/mol. The topological polar surface area (TPSA) is 41.1 Å². The van der Waals surface area contributed by atoms with Crippen molar-refractivity contribution < 1.29 is 4.79 Å². The van der Waals surface area contributed by atoms with Crippen molar-refractivity contribution in [2.75, 3.05) is 10.6 Å². The smallest absolute Gasteiger partial charge is 0.250 e. The lowest BCUT2D eigenvalue weighted by Gasteiger charge is -2.43. The Morgan fingerprint density at radius 3 is 2.74 bits per heavy atom. The number of halogens is 1. The molecule has 1 aliphatic carbocycles. The fourth-order valence-electron chi connectivity index (χ4n) is 3.22. The molecule has 1 saturated carbocycles. The van der Waals surface area contributed by atoms with Gasteiger partial charge < -0.3 is 10.6 Å². The van der Waals surface area contributed by atoms with Crippen molar-refractivity contribution in [1.82, 2.24) is 0 Å². The van der Waals surface area contributed by atoms with Crippen molar-refractivity contribution in [3.05, 3.63) is 22.7 Å². The Bertz CT molecular complexity index is 507. The highest BCUT2D eigenvalue weighted by molar-refractivity contribution is 9.10. The summed E-state index contributed by atoms with van der Waals surface area (Å²) in [5.74, 6) is 0.916. The summed E-state index contributed by atoms with van der Waals surface area (Å²) in [6.45, 7) is 2.24. The fourth-order valence-corrected chi connectivity index (χ4v) is 3.58. The Morgan fingerprint density at radius 2 is 2.05 bits per heavy atom. The molecule has 1 amide bonds. The van der Waals surface area contributed by atoms with Gasteiger partial charge in [-0.15, -0.1) is 0 Å². The van der Waals surface area contributed by atoms with E-state index in [0.717, 1.165) is 47.4 Å². The first-order valence-electron chi connectivity index (χ1n) is 7.02. The summed E-state index contributed by atoms with van der Waals surface area (Å²) in [5.41, 5.74) is 1.53. The third-order valence-electron chi connectivity index (χ3n) is 4.57. The molecule has 1 spiro atoms. The van der Waals surface area contributed by atoms with E-state index >= 15 is 0 Å². The van der Waals surface area contributed by atoms with Gasteiger partial charge in [-0.1, -0.05) is 29.3 Å². The molecular formula is C15H19BrN2O. The minimum Gasteiger partial charge on any atom is -0.370 e. The van der Waals surface area contributed by atoms with Gasteiger partial charge in [-0.05, 0) is 49.8 Å². The zero-order valence-electron chi connectivity index (χ0n) is 11.1. The molecule has 0 radical (unpaired) electrons. The molecule has 0 aromatic heterocycles. The van der Waals surface area contributed by atoms with Crippen LogP contribution in [0.25, 0.3) is 0 Å². The lowest BCUT2D eigenvalue weighted by Crippen LogP contribution is -2.54. The van der Waals surface area contributed by atoms with Crippen molar-refractivity contribution in [2.24, 2.45) is 5.92 Å². The molecule has 1 aromatic carbocycles. The molecule has 2 aliphatic rings. The van der Waals surface area contributed by atoms with E-state index in [9.17, 15) is 4.79 Å². The van der Waals surface area contributed by atoms with E-state index < -0.39 is 0 Å². The Balaban J connectivity index is 1.86. The van der Waals surface area contributed by atoms with Gasteiger partial charge in [0.25, 0.3) is 0 Å². The highest BCUT2D eigenvalue weighted by Gasteiger charge is 2.44. The maximum Gasteiger partial charge on any atom is 0.250 e. The molecule has 0 bridgehead atoms. The maximum atomic E-state index is 12.5. The molecule has 3 nitrogen and oxygen atoms in total. The van der Waals surface area contributed by atoms with Crippen LogP contribution in [0.5, 0.6) is 0 Å². The first-order valence-corrected chi connectivity index (χ1v) is 7.81. The highest BCUT2D eigenvalue weighted by atomic mass is 79.9. The Kier molecular flexibility index (Phi) is 3.29. The van der Waals surface area contributed by atoms with E-state index in [1.807, 2.05) is 18.2 Å². The minimum atomic E-state index is -0.382. The van der Waals surface area contributed by atoms with Gasteiger partial charge in [0, 0.05) is 4.47 Å². The van der Waals surface area contributed by atoms with Crippen molar-refractivity contribution in [3.8, 4) is 0 Å². The summed E-state index contributed by atoms with van der Waals surface area (Å²) < 4.78 is 0.985. The van der Waals surface area contributed by atoms with Gasteiger partial charge in [-0.3, -0.25) is 4.79 Å². The number of benzene rings is 1. The molecule has 4 heteroatoms. The summed E-state index contributed by atoms with van der Waals surface area (Å²) in [4.78, 5) is 12.5. The van der Waals surface area contributed by atoms with E-state index in [0.29, 0.717) is 0 Å². The zero-order valence-corrected chi connectivity index (χ0v) is 12.7. The summed E-state index contributed by atoms with van der Waals surface area (Å²) in [6.07, 6.45) is 5.38. The van der Waals surface area contributed by atoms with Crippen LogP contribution < -0.4 is 10.6 Å². The van der Waals surface area contributed by atoms with E-state index in [1.54, 1.807) is 0 Å². The molecule has 3 rings (SSSR count). The lowest BCUT2D eigenvalue weighted by atomic mass is 9.74. The first-order chi connectivity index (χ1) is 9.13. The van der Waals surface area contributed by atoms with Crippen molar-refractivity contribution >= 4 is 33.2 Å². The maximum absolute atomic E-state index is 12.5. The van der Waals surface area contributed by atoms with Crippen LogP contribution in [0, 0.1) is 5.92 Å². The van der Waals surface area contributed by atoms with Gasteiger partial charge in [-0.25, -0.2) is 0 Å². The molecule has 19 heavy (non-hydrogen) atoms. The second-order valence-corrected chi connectivity index (χ2v) is 6.62. The first kappa shape index (κ1) is 13.0. The number of amides is 1. The van der Waals surface area contributed by atoms with Crippen LogP contribution in [0.1, 0.15) is 39.0 Å². The number of nitrogens with one attached hydrogen (secondary N) is 2. The van der Waals surface area contributed by atoms with Gasteiger partial charge in [0.2, 0.25) is 5.91 Å². The number of rotatable bonds is 1. The molecule has 1 aliphatic heterocycles. The lowest BCUT2D eigenvalue weighted by molar-refractivity contribution is -0.121. The number of fused-ring (bicyclic) bond motifs is 1. The third kappa shape index (κ3) is 2.27. The normalized spacial score (nSPS) is 29.6. The van der Waals surface area contributed by atoms with Crippen LogP contribution in [-0.4, -0.2) is 11.4 Å². The van der Waals surface area contributed by atoms with Crippen molar-refractivity contribution in [2.45, 2.75) is 44.6 Å². The summed E-state index contributed by atoms with van der Waals surface area (Å²) in [5, 5.41) is 6.56. The van der Waals surface area contributed by atoms with E-state index in [-0.39, 0.29) is 11.4 Å². The van der Waals surface area contributed by atoms with Crippen LogP contribution in [0.15, 0.2) is 22.7 Å². The fraction of sp³-hybridized carbons (Fsp3) is 0.533. The minimum absolute atomic E-state index is 0.132. The summed E-state index contributed by atoms with van der Waals surface area (Å²) in [6, 6.07) is 5.99.